The SMILES string of the molecule is Cc1cc(N/N=C2\CCSC2)nc2ccccc12. The maximum atomic E-state index is 4.57. The molecule has 0 spiro atoms. The zero-order valence-corrected chi connectivity index (χ0v) is 11.1. The number of para-hydroxylation sites is 1. The highest BCUT2D eigenvalue weighted by Gasteiger charge is 2.08. The fourth-order valence-electron chi connectivity index (χ4n) is 2.08. The number of rotatable bonds is 2. The molecule has 92 valence electrons. The summed E-state index contributed by atoms with van der Waals surface area (Å²) in [5.74, 6) is 3.06. The van der Waals surface area contributed by atoms with Crippen LogP contribution in [0.5, 0.6) is 0 Å². The van der Waals surface area contributed by atoms with E-state index in [1.54, 1.807) is 0 Å². The number of aryl methyl sites for hydroxylation is 1. The molecule has 18 heavy (non-hydrogen) atoms. The van der Waals surface area contributed by atoms with Gasteiger partial charge < -0.3 is 0 Å². The third kappa shape index (κ3) is 2.34. The molecule has 0 saturated carbocycles. The third-order valence-electron chi connectivity index (χ3n) is 3.06. The average molecular weight is 257 g/mol. The first kappa shape index (κ1) is 11.5. The van der Waals surface area contributed by atoms with Crippen LogP contribution in [0.25, 0.3) is 10.9 Å². The van der Waals surface area contributed by atoms with Gasteiger partial charge in [0.2, 0.25) is 0 Å². The van der Waals surface area contributed by atoms with Gasteiger partial charge in [-0.05, 0) is 36.8 Å². The number of pyridine rings is 1. The van der Waals surface area contributed by atoms with Crippen LogP contribution in [0.3, 0.4) is 0 Å². The zero-order chi connectivity index (χ0) is 12.4. The summed E-state index contributed by atoms with van der Waals surface area (Å²) >= 11 is 1.93. The Morgan fingerprint density at radius 3 is 3.06 bits per heavy atom. The largest absolute Gasteiger partial charge is 0.261 e. The van der Waals surface area contributed by atoms with Crippen molar-refractivity contribution in [3.63, 3.8) is 0 Å². The molecule has 3 rings (SSSR count). The predicted molar refractivity (Wildman–Crippen MR) is 79.5 cm³/mol. The van der Waals surface area contributed by atoms with E-state index in [0.717, 1.165) is 23.5 Å². The molecule has 2 heterocycles. The molecule has 1 aromatic carbocycles. The predicted octanol–water partition coefficient (Wildman–Crippen LogP) is 3.45. The molecule has 0 unspecified atom stereocenters. The molecule has 1 saturated heterocycles. The number of nitrogens with zero attached hydrogens (tertiary/aromatic N) is 2. The Hall–Kier alpha value is -1.55. The van der Waals surface area contributed by atoms with Crippen molar-refractivity contribution < 1.29 is 0 Å². The topological polar surface area (TPSA) is 37.3 Å². The van der Waals surface area contributed by atoms with E-state index in [9.17, 15) is 0 Å². The van der Waals surface area contributed by atoms with Gasteiger partial charge in [0.05, 0.1) is 5.52 Å². The third-order valence-corrected chi connectivity index (χ3v) is 4.09. The molecule has 0 radical (unpaired) electrons. The van der Waals surface area contributed by atoms with Gasteiger partial charge in [0.25, 0.3) is 0 Å². The summed E-state index contributed by atoms with van der Waals surface area (Å²) in [6.07, 6.45) is 1.09. The minimum atomic E-state index is 0.829. The van der Waals surface area contributed by atoms with E-state index in [-0.39, 0.29) is 0 Å². The van der Waals surface area contributed by atoms with Gasteiger partial charge in [-0.15, -0.1) is 0 Å². The van der Waals surface area contributed by atoms with E-state index < -0.39 is 0 Å². The Kier molecular flexibility index (Phi) is 3.19. The first-order valence-electron chi connectivity index (χ1n) is 6.08. The number of thioether (sulfide) groups is 1. The summed E-state index contributed by atoms with van der Waals surface area (Å²) in [6.45, 7) is 2.10. The van der Waals surface area contributed by atoms with Crippen molar-refractivity contribution >= 4 is 34.2 Å². The van der Waals surface area contributed by atoms with Crippen molar-refractivity contribution in [3.8, 4) is 0 Å². The van der Waals surface area contributed by atoms with Crippen LogP contribution in [0.1, 0.15) is 12.0 Å². The summed E-state index contributed by atoms with van der Waals surface area (Å²) in [4.78, 5) is 4.57. The van der Waals surface area contributed by atoms with Gasteiger partial charge in [0.1, 0.15) is 5.82 Å². The van der Waals surface area contributed by atoms with Gasteiger partial charge in [-0.2, -0.15) is 16.9 Å². The van der Waals surface area contributed by atoms with Crippen molar-refractivity contribution in [2.75, 3.05) is 16.9 Å². The van der Waals surface area contributed by atoms with E-state index in [2.05, 4.69) is 34.6 Å². The number of hydrogen-bond acceptors (Lipinski definition) is 4. The first-order valence-corrected chi connectivity index (χ1v) is 7.24. The molecule has 0 aliphatic carbocycles. The van der Waals surface area contributed by atoms with Crippen LogP contribution in [-0.4, -0.2) is 22.2 Å². The summed E-state index contributed by atoms with van der Waals surface area (Å²) in [7, 11) is 0. The van der Waals surface area contributed by atoms with Crippen LogP contribution in [0.4, 0.5) is 5.82 Å². The highest BCUT2D eigenvalue weighted by Crippen LogP contribution is 2.20. The molecule has 0 atom stereocenters. The Bertz CT molecular complexity index is 599. The number of nitrogens with one attached hydrogen (secondary N) is 1. The Morgan fingerprint density at radius 2 is 2.22 bits per heavy atom. The van der Waals surface area contributed by atoms with Crippen molar-refractivity contribution in [1.29, 1.82) is 0 Å². The number of fused-ring (bicyclic) bond motifs is 1. The monoisotopic (exact) mass is 257 g/mol. The maximum Gasteiger partial charge on any atom is 0.147 e. The molecule has 4 heteroatoms. The number of benzene rings is 1. The molecule has 0 amide bonds. The number of anilines is 1. The molecule has 1 aliphatic rings. The second kappa shape index (κ2) is 4.98. The van der Waals surface area contributed by atoms with Crippen molar-refractivity contribution in [3.05, 3.63) is 35.9 Å². The van der Waals surface area contributed by atoms with E-state index in [1.807, 2.05) is 30.0 Å². The molecular formula is C14H15N3S. The van der Waals surface area contributed by atoms with E-state index >= 15 is 0 Å². The van der Waals surface area contributed by atoms with E-state index in [0.29, 0.717) is 0 Å². The molecule has 1 aromatic heterocycles. The second-order valence-electron chi connectivity index (χ2n) is 4.43. The molecule has 3 nitrogen and oxygen atoms in total. The summed E-state index contributed by atoms with van der Waals surface area (Å²) < 4.78 is 0. The normalized spacial score (nSPS) is 17.5. The molecule has 0 bridgehead atoms. The van der Waals surface area contributed by atoms with Crippen LogP contribution in [-0.2, 0) is 0 Å². The lowest BCUT2D eigenvalue weighted by atomic mass is 10.1. The lowest BCUT2D eigenvalue weighted by Gasteiger charge is -2.06. The molecular weight excluding hydrogens is 242 g/mol. The van der Waals surface area contributed by atoms with Crippen molar-refractivity contribution in [2.45, 2.75) is 13.3 Å². The smallest absolute Gasteiger partial charge is 0.147 e. The maximum absolute atomic E-state index is 4.57. The zero-order valence-electron chi connectivity index (χ0n) is 10.3. The standard InChI is InChI=1S/C14H15N3S/c1-10-8-14(17-16-11-6-7-18-9-11)15-13-5-3-2-4-12(10)13/h2-5,8H,6-7,9H2,1H3,(H,15,17)/b16-11+. The Balaban J connectivity index is 1.90. The van der Waals surface area contributed by atoms with Gasteiger partial charge in [-0.25, -0.2) is 4.98 Å². The van der Waals surface area contributed by atoms with E-state index in [4.69, 9.17) is 0 Å². The highest BCUT2D eigenvalue weighted by atomic mass is 32.2. The van der Waals surface area contributed by atoms with Gasteiger partial charge in [0, 0.05) is 16.9 Å². The van der Waals surface area contributed by atoms with Gasteiger partial charge in [-0.3, -0.25) is 5.43 Å². The van der Waals surface area contributed by atoms with Crippen LogP contribution in [0.2, 0.25) is 0 Å². The minimum absolute atomic E-state index is 0.829. The molecule has 1 N–H and O–H groups in total. The first-order chi connectivity index (χ1) is 8.83. The fraction of sp³-hybridized carbons (Fsp3) is 0.286. The van der Waals surface area contributed by atoms with Gasteiger partial charge in [-0.1, -0.05) is 18.2 Å². The molecule has 1 fully saturated rings. The molecule has 2 aromatic rings. The van der Waals surface area contributed by atoms with Gasteiger partial charge in [0.15, 0.2) is 0 Å². The quantitative estimate of drug-likeness (QED) is 0.837. The molecule has 1 aliphatic heterocycles. The summed E-state index contributed by atoms with van der Waals surface area (Å²) in [5.41, 5.74) is 6.55. The number of hydrazone groups is 1. The summed E-state index contributed by atoms with van der Waals surface area (Å²) in [5, 5.41) is 5.63. The average Bonchev–Trinajstić information content (AvgIpc) is 2.90. The fourth-order valence-corrected chi connectivity index (χ4v) is 3.05. The minimum Gasteiger partial charge on any atom is -0.261 e. The summed E-state index contributed by atoms with van der Waals surface area (Å²) in [6, 6.07) is 10.2. The van der Waals surface area contributed by atoms with Crippen LogP contribution >= 0.6 is 11.8 Å². The number of hydrogen-bond donors (Lipinski definition) is 1. The number of aromatic nitrogens is 1. The van der Waals surface area contributed by atoms with Crippen LogP contribution in [0, 0.1) is 6.92 Å². The lowest BCUT2D eigenvalue weighted by molar-refractivity contribution is 1.21. The van der Waals surface area contributed by atoms with E-state index in [1.165, 1.54) is 22.4 Å². The van der Waals surface area contributed by atoms with Crippen molar-refractivity contribution in [1.82, 2.24) is 4.98 Å². The van der Waals surface area contributed by atoms with Crippen molar-refractivity contribution in [2.24, 2.45) is 5.10 Å². The van der Waals surface area contributed by atoms with Crippen LogP contribution in [0.15, 0.2) is 35.4 Å². The van der Waals surface area contributed by atoms with Crippen LogP contribution < -0.4 is 5.43 Å². The highest BCUT2D eigenvalue weighted by molar-refractivity contribution is 8.00. The Morgan fingerprint density at radius 1 is 1.33 bits per heavy atom. The second-order valence-corrected chi connectivity index (χ2v) is 5.54. The lowest BCUT2D eigenvalue weighted by Crippen LogP contribution is -2.01. The Labute approximate surface area is 111 Å². The van der Waals surface area contributed by atoms with Gasteiger partial charge >= 0.3 is 0 Å².